The molecular formula is C20H20FN3O3S. The Morgan fingerprint density at radius 3 is 2.46 bits per heavy atom. The lowest BCUT2D eigenvalue weighted by molar-refractivity contribution is -0.115. The quantitative estimate of drug-likeness (QED) is 0.852. The van der Waals surface area contributed by atoms with Crippen molar-refractivity contribution in [3.05, 3.63) is 71.5 Å². The summed E-state index contributed by atoms with van der Waals surface area (Å²) in [5.74, 6) is -0.840. The molecule has 8 heteroatoms. The van der Waals surface area contributed by atoms with Crippen molar-refractivity contribution in [3.63, 3.8) is 0 Å². The number of carbonyl (C=O) groups excluding carboxylic acids is 1. The van der Waals surface area contributed by atoms with Crippen LogP contribution in [0.1, 0.15) is 24.0 Å². The molecule has 0 radical (unpaired) electrons. The van der Waals surface area contributed by atoms with Gasteiger partial charge >= 0.3 is 0 Å². The van der Waals surface area contributed by atoms with Crippen molar-refractivity contribution in [2.24, 2.45) is 4.99 Å². The van der Waals surface area contributed by atoms with Crippen LogP contribution in [0.5, 0.6) is 0 Å². The van der Waals surface area contributed by atoms with Crippen LogP contribution in [-0.4, -0.2) is 43.1 Å². The van der Waals surface area contributed by atoms with Gasteiger partial charge in [0.15, 0.2) is 0 Å². The van der Waals surface area contributed by atoms with E-state index in [2.05, 4.69) is 10.3 Å². The fourth-order valence-electron chi connectivity index (χ4n) is 3.64. The molecule has 2 heterocycles. The summed E-state index contributed by atoms with van der Waals surface area (Å²) in [6, 6.07) is 14.8. The first-order valence-corrected chi connectivity index (χ1v) is 10.7. The minimum absolute atomic E-state index is 0.0506. The van der Waals surface area contributed by atoms with Crippen LogP contribution in [0.2, 0.25) is 0 Å². The molecule has 0 saturated carbocycles. The van der Waals surface area contributed by atoms with E-state index in [9.17, 15) is 17.6 Å². The molecule has 28 heavy (non-hydrogen) atoms. The minimum atomic E-state index is -3.44. The van der Waals surface area contributed by atoms with Gasteiger partial charge in [0.25, 0.3) is 5.91 Å². The normalized spacial score (nSPS) is 19.5. The molecule has 1 spiro atoms. The fourth-order valence-corrected chi connectivity index (χ4v) is 5.18. The molecule has 0 aliphatic carbocycles. The number of benzene rings is 2. The Morgan fingerprint density at radius 1 is 1.07 bits per heavy atom. The van der Waals surface area contributed by atoms with Gasteiger partial charge in [0.05, 0.1) is 5.75 Å². The van der Waals surface area contributed by atoms with Crippen LogP contribution < -0.4 is 5.32 Å². The second-order valence-corrected chi connectivity index (χ2v) is 9.07. The van der Waals surface area contributed by atoms with Crippen molar-refractivity contribution >= 4 is 21.6 Å². The van der Waals surface area contributed by atoms with Gasteiger partial charge in [-0.15, -0.1) is 0 Å². The zero-order valence-corrected chi connectivity index (χ0v) is 16.0. The average molecular weight is 401 g/mol. The molecule has 1 fully saturated rings. The number of nitrogens with zero attached hydrogens (tertiary/aromatic N) is 2. The van der Waals surface area contributed by atoms with Gasteiger partial charge in [-0.2, -0.15) is 0 Å². The van der Waals surface area contributed by atoms with E-state index in [1.54, 1.807) is 18.2 Å². The lowest BCUT2D eigenvalue weighted by Crippen LogP contribution is -2.52. The van der Waals surface area contributed by atoms with Gasteiger partial charge in [-0.1, -0.05) is 42.5 Å². The summed E-state index contributed by atoms with van der Waals surface area (Å²) in [4.78, 5) is 16.9. The van der Waals surface area contributed by atoms with Crippen LogP contribution in [0.4, 0.5) is 4.39 Å². The second kappa shape index (κ2) is 7.10. The monoisotopic (exact) mass is 401 g/mol. The number of sulfonamides is 1. The van der Waals surface area contributed by atoms with Crippen molar-refractivity contribution in [3.8, 4) is 0 Å². The number of rotatable bonds is 4. The van der Waals surface area contributed by atoms with Crippen molar-refractivity contribution in [1.82, 2.24) is 9.62 Å². The smallest absolute Gasteiger partial charge is 0.272 e. The lowest BCUT2D eigenvalue weighted by atomic mass is 10.00. The number of piperidine rings is 1. The van der Waals surface area contributed by atoms with Gasteiger partial charge in [0.2, 0.25) is 10.0 Å². The van der Waals surface area contributed by atoms with E-state index < -0.39 is 21.5 Å². The minimum Gasteiger partial charge on any atom is -0.326 e. The van der Waals surface area contributed by atoms with E-state index in [0.717, 1.165) is 5.56 Å². The average Bonchev–Trinajstić information content (AvgIpc) is 2.98. The summed E-state index contributed by atoms with van der Waals surface area (Å²) in [5.41, 5.74) is 0.536. The van der Waals surface area contributed by atoms with Crippen LogP contribution in [0, 0.1) is 5.82 Å². The molecule has 1 amide bonds. The Balaban J connectivity index is 1.48. The van der Waals surface area contributed by atoms with Crippen LogP contribution in [-0.2, 0) is 20.6 Å². The first-order chi connectivity index (χ1) is 13.4. The highest BCUT2D eigenvalue weighted by Gasteiger charge is 2.44. The number of hydrogen-bond acceptors (Lipinski definition) is 4. The maximum absolute atomic E-state index is 13.5. The Hall–Kier alpha value is -2.58. The first kappa shape index (κ1) is 18.8. The SMILES string of the molecule is O=C1NC2(CCN(S(=O)(=O)Cc3ccccc3)CC2)N=C1c1cccc(F)c1. The maximum atomic E-state index is 13.5. The van der Waals surface area contributed by atoms with Crippen molar-refractivity contribution < 1.29 is 17.6 Å². The first-order valence-electron chi connectivity index (χ1n) is 9.07. The molecule has 2 aromatic carbocycles. The second-order valence-electron chi connectivity index (χ2n) is 7.10. The largest absolute Gasteiger partial charge is 0.326 e. The number of carbonyl (C=O) groups is 1. The summed E-state index contributed by atoms with van der Waals surface area (Å²) >= 11 is 0. The van der Waals surface area contributed by atoms with Crippen LogP contribution in [0.15, 0.2) is 59.6 Å². The molecule has 1 saturated heterocycles. The Kier molecular flexibility index (Phi) is 4.76. The molecule has 6 nitrogen and oxygen atoms in total. The summed E-state index contributed by atoms with van der Waals surface area (Å²) < 4.78 is 40.3. The van der Waals surface area contributed by atoms with Gasteiger partial charge in [0.1, 0.15) is 17.2 Å². The summed E-state index contributed by atoms with van der Waals surface area (Å²) in [6.07, 6.45) is 0.761. The van der Waals surface area contributed by atoms with E-state index in [0.29, 0.717) is 18.4 Å². The molecule has 0 aromatic heterocycles. The summed E-state index contributed by atoms with van der Waals surface area (Å²) in [7, 11) is -3.44. The topological polar surface area (TPSA) is 78.8 Å². The molecule has 2 aliphatic heterocycles. The third-order valence-electron chi connectivity index (χ3n) is 5.12. The van der Waals surface area contributed by atoms with Gasteiger partial charge < -0.3 is 5.32 Å². The molecule has 2 aromatic rings. The van der Waals surface area contributed by atoms with E-state index in [-0.39, 0.29) is 30.5 Å². The van der Waals surface area contributed by atoms with Crippen molar-refractivity contribution in [2.75, 3.05) is 13.1 Å². The highest BCUT2D eigenvalue weighted by Crippen LogP contribution is 2.30. The Labute approximate surface area is 163 Å². The van der Waals surface area contributed by atoms with E-state index >= 15 is 0 Å². The van der Waals surface area contributed by atoms with Crippen LogP contribution in [0.25, 0.3) is 0 Å². The Bertz CT molecular complexity index is 1030. The fraction of sp³-hybridized carbons (Fsp3) is 0.300. The maximum Gasteiger partial charge on any atom is 0.272 e. The molecule has 2 aliphatic rings. The number of amides is 1. The molecule has 0 bridgehead atoms. The number of nitrogens with one attached hydrogen (secondary N) is 1. The lowest BCUT2D eigenvalue weighted by Gasteiger charge is -2.36. The number of halogens is 1. The molecule has 0 atom stereocenters. The highest BCUT2D eigenvalue weighted by atomic mass is 32.2. The number of aliphatic imine (C=N–C) groups is 1. The van der Waals surface area contributed by atoms with Crippen LogP contribution >= 0.6 is 0 Å². The molecular weight excluding hydrogens is 381 g/mol. The summed E-state index contributed by atoms with van der Waals surface area (Å²) in [6.45, 7) is 0.546. The van der Waals surface area contributed by atoms with Gasteiger partial charge in [-0.05, 0) is 17.7 Å². The molecule has 4 rings (SSSR count). The Morgan fingerprint density at radius 2 is 1.79 bits per heavy atom. The summed E-state index contributed by atoms with van der Waals surface area (Å²) in [5, 5.41) is 2.87. The van der Waals surface area contributed by atoms with Crippen molar-refractivity contribution in [1.29, 1.82) is 0 Å². The predicted molar refractivity (Wildman–Crippen MR) is 104 cm³/mol. The third-order valence-corrected chi connectivity index (χ3v) is 6.97. The van der Waals surface area contributed by atoms with E-state index in [1.807, 2.05) is 18.2 Å². The van der Waals surface area contributed by atoms with Gasteiger partial charge in [0, 0.05) is 31.5 Å². The number of hydrogen-bond donors (Lipinski definition) is 1. The van der Waals surface area contributed by atoms with Gasteiger partial charge in [-0.3, -0.25) is 9.79 Å². The molecule has 1 N–H and O–H groups in total. The predicted octanol–water partition coefficient (Wildman–Crippen LogP) is 2.07. The van der Waals surface area contributed by atoms with Crippen LogP contribution in [0.3, 0.4) is 0 Å². The molecule has 0 unspecified atom stereocenters. The van der Waals surface area contributed by atoms with E-state index in [1.165, 1.54) is 22.5 Å². The molecule has 146 valence electrons. The van der Waals surface area contributed by atoms with Crippen molar-refractivity contribution in [2.45, 2.75) is 24.3 Å². The van der Waals surface area contributed by atoms with E-state index in [4.69, 9.17) is 0 Å². The third kappa shape index (κ3) is 3.70. The highest BCUT2D eigenvalue weighted by molar-refractivity contribution is 7.88. The van der Waals surface area contributed by atoms with Gasteiger partial charge in [-0.25, -0.2) is 17.1 Å². The zero-order chi connectivity index (χ0) is 19.8. The standard InChI is InChI=1S/C20H20FN3O3S/c21-17-8-4-7-16(13-17)18-19(25)23-20(22-18)9-11-24(12-10-20)28(26,27)14-15-5-2-1-3-6-15/h1-8,13H,9-12,14H2,(H,23,25). The zero-order valence-electron chi connectivity index (χ0n) is 15.1.